The highest BCUT2D eigenvalue weighted by molar-refractivity contribution is 5.89. The second-order valence-corrected chi connectivity index (χ2v) is 5.04. The van der Waals surface area contributed by atoms with Crippen molar-refractivity contribution in [2.75, 3.05) is 7.11 Å². The molecule has 0 aliphatic carbocycles. The third kappa shape index (κ3) is 4.14. The standard InChI is InChI=1S/C19H17NO4/c1-13(19(21)22)24-17-9-8-14(11-18(17)23-2)10-16(12-20)15-6-4-3-5-7-15/h3-11,13H,1-2H3,(H,21,22)/b16-10+/t13-/m0/s1. The van der Waals surface area contributed by atoms with Crippen molar-refractivity contribution in [3.8, 4) is 17.6 Å². The van der Waals surface area contributed by atoms with Crippen LogP contribution in [-0.2, 0) is 4.79 Å². The topological polar surface area (TPSA) is 79.5 Å². The first kappa shape index (κ1) is 17.1. The van der Waals surface area contributed by atoms with Gasteiger partial charge in [-0.1, -0.05) is 36.4 Å². The molecule has 0 amide bonds. The summed E-state index contributed by atoms with van der Waals surface area (Å²) in [6.07, 6.45) is 0.752. The Labute approximate surface area is 140 Å². The zero-order valence-electron chi connectivity index (χ0n) is 13.4. The minimum absolute atomic E-state index is 0.336. The smallest absolute Gasteiger partial charge is 0.344 e. The van der Waals surface area contributed by atoms with Crippen LogP contribution in [0.4, 0.5) is 0 Å². The van der Waals surface area contributed by atoms with Gasteiger partial charge in [0.1, 0.15) is 0 Å². The lowest BCUT2D eigenvalue weighted by atomic mass is 10.0. The second kappa shape index (κ2) is 7.84. The van der Waals surface area contributed by atoms with Crippen LogP contribution in [0.15, 0.2) is 48.5 Å². The van der Waals surface area contributed by atoms with Gasteiger partial charge in [-0.15, -0.1) is 0 Å². The van der Waals surface area contributed by atoms with Gasteiger partial charge in [0.2, 0.25) is 0 Å². The summed E-state index contributed by atoms with van der Waals surface area (Å²) in [6.45, 7) is 1.44. The van der Waals surface area contributed by atoms with Gasteiger partial charge in [0, 0.05) is 0 Å². The Morgan fingerprint density at radius 1 is 1.21 bits per heavy atom. The fourth-order valence-electron chi connectivity index (χ4n) is 2.08. The fourth-order valence-corrected chi connectivity index (χ4v) is 2.08. The molecule has 2 aromatic rings. The van der Waals surface area contributed by atoms with Crippen LogP contribution < -0.4 is 9.47 Å². The van der Waals surface area contributed by atoms with E-state index in [2.05, 4.69) is 6.07 Å². The number of hydrogen-bond donors (Lipinski definition) is 1. The van der Waals surface area contributed by atoms with Gasteiger partial charge in [0.05, 0.1) is 18.8 Å². The summed E-state index contributed by atoms with van der Waals surface area (Å²) in [4.78, 5) is 10.9. The van der Waals surface area contributed by atoms with E-state index in [1.54, 1.807) is 24.3 Å². The van der Waals surface area contributed by atoms with Crippen molar-refractivity contribution in [1.29, 1.82) is 5.26 Å². The summed E-state index contributed by atoms with van der Waals surface area (Å²) in [5.41, 5.74) is 2.09. The molecule has 0 unspecified atom stereocenters. The number of rotatable bonds is 6. The highest BCUT2D eigenvalue weighted by Gasteiger charge is 2.15. The van der Waals surface area contributed by atoms with Crippen LogP contribution in [0.25, 0.3) is 11.6 Å². The van der Waals surface area contributed by atoms with E-state index in [9.17, 15) is 10.1 Å². The van der Waals surface area contributed by atoms with Crippen LogP contribution in [0.3, 0.4) is 0 Å². The molecule has 5 heteroatoms. The van der Waals surface area contributed by atoms with Crippen molar-refractivity contribution in [3.63, 3.8) is 0 Å². The summed E-state index contributed by atoms with van der Waals surface area (Å²) in [6, 6.07) is 16.6. The second-order valence-electron chi connectivity index (χ2n) is 5.04. The van der Waals surface area contributed by atoms with Gasteiger partial charge in [-0.3, -0.25) is 0 Å². The molecule has 0 fully saturated rings. The number of nitriles is 1. The molecule has 2 rings (SSSR count). The van der Waals surface area contributed by atoms with Crippen LogP contribution in [0.1, 0.15) is 18.1 Å². The largest absolute Gasteiger partial charge is 0.493 e. The van der Waals surface area contributed by atoms with E-state index in [0.717, 1.165) is 11.1 Å². The first-order valence-electron chi connectivity index (χ1n) is 7.30. The fraction of sp³-hybridized carbons (Fsp3) is 0.158. The van der Waals surface area contributed by atoms with Gasteiger partial charge in [-0.05, 0) is 36.3 Å². The predicted molar refractivity (Wildman–Crippen MR) is 90.6 cm³/mol. The highest BCUT2D eigenvalue weighted by Crippen LogP contribution is 2.30. The maximum Gasteiger partial charge on any atom is 0.344 e. The van der Waals surface area contributed by atoms with E-state index in [0.29, 0.717) is 17.1 Å². The number of aliphatic carboxylic acids is 1. The molecule has 1 atom stereocenters. The Bertz CT molecular complexity index is 791. The third-order valence-electron chi connectivity index (χ3n) is 3.36. The van der Waals surface area contributed by atoms with E-state index in [4.69, 9.17) is 14.6 Å². The van der Waals surface area contributed by atoms with E-state index < -0.39 is 12.1 Å². The van der Waals surface area contributed by atoms with Gasteiger partial charge in [0.15, 0.2) is 17.6 Å². The Morgan fingerprint density at radius 3 is 2.50 bits per heavy atom. The molecule has 0 aliphatic rings. The average molecular weight is 323 g/mol. The zero-order valence-corrected chi connectivity index (χ0v) is 13.4. The number of carboxylic acids is 1. The maximum absolute atomic E-state index is 10.9. The van der Waals surface area contributed by atoms with Gasteiger partial charge < -0.3 is 14.6 Å². The normalized spacial score (nSPS) is 12.1. The molecule has 5 nitrogen and oxygen atoms in total. The quantitative estimate of drug-likeness (QED) is 0.649. The molecule has 0 radical (unpaired) electrons. The molecule has 0 heterocycles. The lowest BCUT2D eigenvalue weighted by Crippen LogP contribution is -2.23. The van der Waals surface area contributed by atoms with Crippen molar-refractivity contribution in [3.05, 3.63) is 59.7 Å². The maximum atomic E-state index is 10.9. The van der Waals surface area contributed by atoms with Gasteiger partial charge in [-0.25, -0.2) is 4.79 Å². The third-order valence-corrected chi connectivity index (χ3v) is 3.36. The average Bonchev–Trinajstić information content (AvgIpc) is 2.61. The van der Waals surface area contributed by atoms with Crippen LogP contribution in [0.5, 0.6) is 11.5 Å². The molecule has 0 saturated carbocycles. The number of methoxy groups -OCH3 is 1. The molecule has 0 saturated heterocycles. The molecule has 0 bridgehead atoms. The monoisotopic (exact) mass is 323 g/mol. The number of carbonyl (C=O) groups is 1. The van der Waals surface area contributed by atoms with Crippen LogP contribution in [-0.4, -0.2) is 24.3 Å². The minimum atomic E-state index is -1.06. The molecule has 0 aliphatic heterocycles. The number of carboxylic acid groups (broad SMARTS) is 1. The summed E-state index contributed by atoms with van der Waals surface area (Å²) in [5.74, 6) is -0.318. The van der Waals surface area contributed by atoms with E-state index >= 15 is 0 Å². The number of ether oxygens (including phenoxy) is 2. The van der Waals surface area contributed by atoms with Crippen molar-refractivity contribution < 1.29 is 19.4 Å². The first-order chi connectivity index (χ1) is 11.5. The van der Waals surface area contributed by atoms with Crippen LogP contribution in [0.2, 0.25) is 0 Å². The van der Waals surface area contributed by atoms with E-state index in [1.165, 1.54) is 14.0 Å². The molecule has 122 valence electrons. The molecular weight excluding hydrogens is 306 g/mol. The Morgan fingerprint density at radius 2 is 1.92 bits per heavy atom. The summed E-state index contributed by atoms with van der Waals surface area (Å²) < 4.78 is 10.6. The summed E-state index contributed by atoms with van der Waals surface area (Å²) in [5, 5.41) is 18.3. The van der Waals surface area contributed by atoms with Crippen LogP contribution in [0, 0.1) is 11.3 Å². The number of nitrogens with zero attached hydrogens (tertiary/aromatic N) is 1. The van der Waals surface area contributed by atoms with E-state index in [1.807, 2.05) is 30.3 Å². The lowest BCUT2D eigenvalue weighted by Gasteiger charge is -2.14. The SMILES string of the molecule is COc1cc(/C=C(\C#N)c2ccccc2)ccc1O[C@@H](C)C(=O)O. The van der Waals surface area contributed by atoms with Crippen molar-refractivity contribution >= 4 is 17.6 Å². The summed E-state index contributed by atoms with van der Waals surface area (Å²) in [7, 11) is 1.48. The van der Waals surface area contributed by atoms with Crippen LogP contribution >= 0.6 is 0 Å². The molecule has 2 aromatic carbocycles. The molecular formula is C19H17NO4. The summed E-state index contributed by atoms with van der Waals surface area (Å²) >= 11 is 0. The Hall–Kier alpha value is -3.26. The number of benzene rings is 2. The predicted octanol–water partition coefficient (Wildman–Crippen LogP) is 3.61. The van der Waals surface area contributed by atoms with Gasteiger partial charge >= 0.3 is 5.97 Å². The molecule has 1 N–H and O–H groups in total. The van der Waals surface area contributed by atoms with Gasteiger partial charge in [-0.2, -0.15) is 5.26 Å². The zero-order chi connectivity index (χ0) is 17.5. The molecule has 24 heavy (non-hydrogen) atoms. The van der Waals surface area contributed by atoms with Gasteiger partial charge in [0.25, 0.3) is 0 Å². The molecule has 0 aromatic heterocycles. The Balaban J connectivity index is 2.34. The van der Waals surface area contributed by atoms with Crippen molar-refractivity contribution in [2.24, 2.45) is 0 Å². The minimum Gasteiger partial charge on any atom is -0.493 e. The number of allylic oxidation sites excluding steroid dienone is 1. The first-order valence-corrected chi connectivity index (χ1v) is 7.30. The van der Waals surface area contributed by atoms with E-state index in [-0.39, 0.29) is 0 Å². The highest BCUT2D eigenvalue weighted by atomic mass is 16.5. The lowest BCUT2D eigenvalue weighted by molar-refractivity contribution is -0.144. The molecule has 0 spiro atoms. The van der Waals surface area contributed by atoms with Crippen molar-refractivity contribution in [1.82, 2.24) is 0 Å². The Kier molecular flexibility index (Phi) is 5.58. The number of hydrogen-bond acceptors (Lipinski definition) is 4. The van der Waals surface area contributed by atoms with Crippen molar-refractivity contribution in [2.45, 2.75) is 13.0 Å².